The SMILES string of the molecule is CCOC(C)(C)CCC/C(C)=C/COc1ccc(Cl)cc1. The number of halogens is 1. The Morgan fingerprint density at radius 3 is 2.52 bits per heavy atom. The van der Waals surface area contributed by atoms with Gasteiger partial charge in [0.2, 0.25) is 0 Å². The van der Waals surface area contributed by atoms with Crippen LogP contribution in [0.1, 0.15) is 47.0 Å². The molecule has 1 rings (SSSR count). The fourth-order valence-corrected chi connectivity index (χ4v) is 2.29. The van der Waals surface area contributed by atoms with Gasteiger partial charge in [0.25, 0.3) is 0 Å². The highest BCUT2D eigenvalue weighted by atomic mass is 35.5. The lowest BCUT2D eigenvalue weighted by atomic mass is 9.99. The highest BCUT2D eigenvalue weighted by Gasteiger charge is 2.16. The highest BCUT2D eigenvalue weighted by Crippen LogP contribution is 2.20. The van der Waals surface area contributed by atoms with Crippen LogP contribution in [0.25, 0.3) is 0 Å². The van der Waals surface area contributed by atoms with Crippen molar-refractivity contribution in [2.45, 2.75) is 52.6 Å². The summed E-state index contributed by atoms with van der Waals surface area (Å²) in [5.41, 5.74) is 1.34. The molecule has 0 saturated carbocycles. The molecule has 0 saturated heterocycles. The average molecular weight is 311 g/mol. The summed E-state index contributed by atoms with van der Waals surface area (Å²) in [6, 6.07) is 7.44. The van der Waals surface area contributed by atoms with Crippen LogP contribution in [0, 0.1) is 0 Å². The van der Waals surface area contributed by atoms with Gasteiger partial charge in [-0.3, -0.25) is 0 Å². The summed E-state index contributed by atoms with van der Waals surface area (Å²) in [6.07, 6.45) is 5.43. The first kappa shape index (κ1) is 18.1. The van der Waals surface area contributed by atoms with Gasteiger partial charge in [-0.25, -0.2) is 0 Å². The number of ether oxygens (including phenoxy) is 2. The maximum atomic E-state index is 5.83. The van der Waals surface area contributed by atoms with E-state index in [9.17, 15) is 0 Å². The van der Waals surface area contributed by atoms with Crippen LogP contribution in [-0.4, -0.2) is 18.8 Å². The van der Waals surface area contributed by atoms with Crippen LogP contribution in [0.4, 0.5) is 0 Å². The lowest BCUT2D eigenvalue weighted by Crippen LogP contribution is -2.24. The van der Waals surface area contributed by atoms with E-state index in [1.807, 2.05) is 31.2 Å². The molecule has 0 aliphatic rings. The summed E-state index contributed by atoms with van der Waals surface area (Å²) < 4.78 is 11.4. The van der Waals surface area contributed by atoms with Crippen LogP contribution >= 0.6 is 11.6 Å². The summed E-state index contributed by atoms with van der Waals surface area (Å²) in [5.74, 6) is 0.848. The second kappa shape index (κ2) is 9.11. The number of benzene rings is 1. The van der Waals surface area contributed by atoms with E-state index in [1.165, 1.54) is 5.57 Å². The van der Waals surface area contributed by atoms with Crippen LogP contribution < -0.4 is 4.74 Å². The van der Waals surface area contributed by atoms with Gasteiger partial charge in [0.05, 0.1) is 5.60 Å². The molecular formula is C18H27ClO2. The second-order valence-electron chi connectivity index (χ2n) is 5.86. The lowest BCUT2D eigenvalue weighted by Gasteiger charge is -2.24. The minimum atomic E-state index is -0.0190. The molecule has 0 spiro atoms. The number of hydrogen-bond donors (Lipinski definition) is 0. The first-order valence-electron chi connectivity index (χ1n) is 7.61. The summed E-state index contributed by atoms with van der Waals surface area (Å²) in [6.45, 7) is 9.87. The van der Waals surface area contributed by atoms with E-state index >= 15 is 0 Å². The topological polar surface area (TPSA) is 18.5 Å². The Morgan fingerprint density at radius 1 is 1.24 bits per heavy atom. The van der Waals surface area contributed by atoms with E-state index in [4.69, 9.17) is 21.1 Å². The minimum absolute atomic E-state index is 0.0190. The van der Waals surface area contributed by atoms with Crippen LogP contribution in [0.3, 0.4) is 0 Å². The number of allylic oxidation sites excluding steroid dienone is 1. The van der Waals surface area contributed by atoms with Crippen molar-refractivity contribution in [1.29, 1.82) is 0 Å². The summed E-state index contributed by atoms with van der Waals surface area (Å²) in [7, 11) is 0. The van der Waals surface area contributed by atoms with Gasteiger partial charge in [0, 0.05) is 11.6 Å². The molecule has 0 unspecified atom stereocenters. The van der Waals surface area contributed by atoms with Gasteiger partial charge in [-0.2, -0.15) is 0 Å². The molecule has 0 amide bonds. The fourth-order valence-electron chi connectivity index (χ4n) is 2.17. The third kappa shape index (κ3) is 8.13. The Morgan fingerprint density at radius 2 is 1.90 bits per heavy atom. The Bertz CT molecular complexity index is 435. The zero-order valence-electron chi connectivity index (χ0n) is 13.6. The quantitative estimate of drug-likeness (QED) is 0.549. The maximum Gasteiger partial charge on any atom is 0.119 e. The van der Waals surface area contributed by atoms with E-state index in [0.29, 0.717) is 6.61 Å². The van der Waals surface area contributed by atoms with Gasteiger partial charge < -0.3 is 9.47 Å². The number of hydrogen-bond acceptors (Lipinski definition) is 2. The molecule has 3 heteroatoms. The maximum absolute atomic E-state index is 5.83. The Balaban J connectivity index is 2.25. The van der Waals surface area contributed by atoms with E-state index < -0.39 is 0 Å². The summed E-state index contributed by atoms with van der Waals surface area (Å²) in [5, 5.41) is 0.728. The monoisotopic (exact) mass is 310 g/mol. The average Bonchev–Trinajstić information content (AvgIpc) is 2.40. The Hall–Kier alpha value is -0.990. The molecule has 0 fully saturated rings. The molecular weight excluding hydrogens is 284 g/mol. The standard InChI is InChI=1S/C18H27ClO2/c1-5-21-18(3,4)13-6-7-15(2)12-14-20-17-10-8-16(19)9-11-17/h8-12H,5-7,13-14H2,1-4H3/b15-12+. The highest BCUT2D eigenvalue weighted by molar-refractivity contribution is 6.30. The van der Waals surface area contributed by atoms with Crippen LogP contribution in [0.15, 0.2) is 35.9 Å². The predicted octanol–water partition coefficient (Wildman–Crippen LogP) is 5.65. The van der Waals surface area contributed by atoms with Gasteiger partial charge in [-0.05, 0) is 77.3 Å². The fraction of sp³-hybridized carbons (Fsp3) is 0.556. The normalized spacial score (nSPS) is 12.5. The molecule has 0 aliphatic carbocycles. The summed E-state index contributed by atoms with van der Waals surface area (Å²) >= 11 is 5.83. The van der Waals surface area contributed by atoms with Crippen molar-refractivity contribution in [3.05, 3.63) is 40.9 Å². The smallest absolute Gasteiger partial charge is 0.119 e. The van der Waals surface area contributed by atoms with Crippen LogP contribution in [-0.2, 0) is 4.74 Å². The largest absolute Gasteiger partial charge is 0.490 e. The van der Waals surface area contributed by atoms with Crippen molar-refractivity contribution in [2.24, 2.45) is 0 Å². The van der Waals surface area contributed by atoms with Gasteiger partial charge >= 0.3 is 0 Å². The molecule has 0 aromatic heterocycles. The van der Waals surface area contributed by atoms with Crippen LogP contribution in [0.2, 0.25) is 5.02 Å². The van der Waals surface area contributed by atoms with E-state index in [0.717, 1.165) is 36.6 Å². The first-order valence-corrected chi connectivity index (χ1v) is 7.99. The molecule has 0 bridgehead atoms. The third-order valence-electron chi connectivity index (χ3n) is 3.38. The van der Waals surface area contributed by atoms with Gasteiger partial charge in [-0.1, -0.05) is 17.2 Å². The molecule has 0 N–H and O–H groups in total. The molecule has 0 atom stereocenters. The van der Waals surface area contributed by atoms with Crippen molar-refractivity contribution in [1.82, 2.24) is 0 Å². The minimum Gasteiger partial charge on any atom is -0.490 e. The van der Waals surface area contributed by atoms with Gasteiger partial charge in [0.1, 0.15) is 12.4 Å². The van der Waals surface area contributed by atoms with Crippen LogP contribution in [0.5, 0.6) is 5.75 Å². The molecule has 0 aliphatic heterocycles. The molecule has 118 valence electrons. The Labute approximate surface area is 134 Å². The van der Waals surface area contributed by atoms with Crippen molar-refractivity contribution in [3.63, 3.8) is 0 Å². The van der Waals surface area contributed by atoms with Gasteiger partial charge in [0.15, 0.2) is 0 Å². The third-order valence-corrected chi connectivity index (χ3v) is 3.63. The van der Waals surface area contributed by atoms with Crippen molar-refractivity contribution in [3.8, 4) is 5.75 Å². The van der Waals surface area contributed by atoms with E-state index in [1.54, 1.807) is 0 Å². The van der Waals surface area contributed by atoms with E-state index in [-0.39, 0.29) is 5.60 Å². The van der Waals surface area contributed by atoms with Crippen molar-refractivity contribution < 1.29 is 9.47 Å². The molecule has 1 aromatic carbocycles. The molecule has 0 radical (unpaired) electrons. The second-order valence-corrected chi connectivity index (χ2v) is 6.30. The predicted molar refractivity (Wildman–Crippen MR) is 90.3 cm³/mol. The molecule has 0 heterocycles. The number of rotatable bonds is 9. The molecule has 21 heavy (non-hydrogen) atoms. The summed E-state index contributed by atoms with van der Waals surface area (Å²) in [4.78, 5) is 0. The van der Waals surface area contributed by atoms with E-state index in [2.05, 4.69) is 26.8 Å². The van der Waals surface area contributed by atoms with Crippen molar-refractivity contribution in [2.75, 3.05) is 13.2 Å². The first-order chi connectivity index (χ1) is 9.93. The molecule has 2 nitrogen and oxygen atoms in total. The lowest BCUT2D eigenvalue weighted by molar-refractivity contribution is -0.0173. The van der Waals surface area contributed by atoms with Crippen molar-refractivity contribution >= 4 is 11.6 Å². The molecule has 1 aromatic rings. The Kier molecular flexibility index (Phi) is 7.84. The van der Waals surface area contributed by atoms with Gasteiger partial charge in [-0.15, -0.1) is 0 Å². The zero-order chi connectivity index (χ0) is 15.7. The zero-order valence-corrected chi connectivity index (χ0v) is 14.4.